The summed E-state index contributed by atoms with van der Waals surface area (Å²) in [5.74, 6) is 0. The highest BCUT2D eigenvalue weighted by molar-refractivity contribution is 4.74. The van der Waals surface area contributed by atoms with Crippen molar-refractivity contribution in [3.63, 3.8) is 0 Å². The molecular formula is C19H38. The molecule has 0 atom stereocenters. The van der Waals surface area contributed by atoms with Crippen LogP contribution < -0.4 is 0 Å². The fourth-order valence-corrected chi connectivity index (χ4v) is 3.85. The molecule has 1 aliphatic carbocycles. The molecule has 0 unspecified atom stereocenters. The molecular weight excluding hydrogens is 228 g/mol. The van der Waals surface area contributed by atoms with E-state index in [-0.39, 0.29) is 0 Å². The largest absolute Gasteiger partial charge is 0.0654 e. The minimum atomic E-state index is 0.662. The molecule has 114 valence electrons. The van der Waals surface area contributed by atoms with Gasteiger partial charge >= 0.3 is 0 Å². The van der Waals surface area contributed by atoms with Crippen LogP contribution in [-0.4, -0.2) is 0 Å². The molecule has 0 aromatic rings. The zero-order valence-corrected chi connectivity index (χ0v) is 13.8. The standard InChI is InChI=1S/C19H38/c1-3-16-19(2)17-14-12-10-8-6-4-5-7-9-11-13-15-18-19/h3-18H2,1-2H3. The lowest BCUT2D eigenvalue weighted by atomic mass is 9.76. The van der Waals surface area contributed by atoms with Gasteiger partial charge in [0.15, 0.2) is 0 Å². The van der Waals surface area contributed by atoms with Crippen LogP contribution in [0.2, 0.25) is 0 Å². The highest BCUT2D eigenvalue weighted by Crippen LogP contribution is 2.36. The summed E-state index contributed by atoms with van der Waals surface area (Å²) in [7, 11) is 0. The summed E-state index contributed by atoms with van der Waals surface area (Å²) in [4.78, 5) is 0. The quantitative estimate of drug-likeness (QED) is 0.493. The lowest BCUT2D eigenvalue weighted by Crippen LogP contribution is -2.16. The molecule has 1 aliphatic rings. The normalized spacial score (nSPS) is 24.3. The third-order valence-corrected chi connectivity index (χ3v) is 5.16. The van der Waals surface area contributed by atoms with Gasteiger partial charge in [0.05, 0.1) is 0 Å². The first kappa shape index (κ1) is 17.1. The molecule has 0 aromatic heterocycles. The maximum absolute atomic E-state index is 2.56. The highest BCUT2D eigenvalue weighted by atomic mass is 14.3. The van der Waals surface area contributed by atoms with Gasteiger partial charge in [-0.1, -0.05) is 97.3 Å². The lowest BCUT2D eigenvalue weighted by Gasteiger charge is -2.29. The van der Waals surface area contributed by atoms with E-state index < -0.39 is 0 Å². The van der Waals surface area contributed by atoms with Gasteiger partial charge in [-0.15, -0.1) is 0 Å². The molecule has 0 N–H and O–H groups in total. The molecule has 0 heterocycles. The van der Waals surface area contributed by atoms with E-state index in [1.807, 2.05) is 0 Å². The van der Waals surface area contributed by atoms with E-state index in [1.54, 1.807) is 0 Å². The first-order valence-electron chi connectivity index (χ1n) is 9.27. The number of rotatable bonds is 2. The minimum Gasteiger partial charge on any atom is -0.0654 e. The van der Waals surface area contributed by atoms with E-state index in [1.165, 1.54) is 103 Å². The molecule has 1 fully saturated rings. The van der Waals surface area contributed by atoms with E-state index >= 15 is 0 Å². The van der Waals surface area contributed by atoms with Crippen LogP contribution in [0, 0.1) is 5.41 Å². The summed E-state index contributed by atoms with van der Waals surface area (Å²) in [5, 5.41) is 0. The minimum absolute atomic E-state index is 0.662. The fraction of sp³-hybridized carbons (Fsp3) is 1.00. The molecule has 0 spiro atoms. The van der Waals surface area contributed by atoms with E-state index in [0.29, 0.717) is 5.41 Å². The maximum Gasteiger partial charge on any atom is -0.0326 e. The second kappa shape index (κ2) is 10.7. The van der Waals surface area contributed by atoms with Gasteiger partial charge in [-0.2, -0.15) is 0 Å². The molecule has 19 heavy (non-hydrogen) atoms. The van der Waals surface area contributed by atoms with E-state index in [2.05, 4.69) is 13.8 Å². The zero-order chi connectivity index (χ0) is 13.8. The Labute approximate surface area is 122 Å². The molecule has 0 nitrogen and oxygen atoms in total. The molecule has 0 radical (unpaired) electrons. The number of hydrogen-bond acceptors (Lipinski definition) is 0. The van der Waals surface area contributed by atoms with Crippen LogP contribution in [-0.2, 0) is 0 Å². The van der Waals surface area contributed by atoms with Crippen molar-refractivity contribution in [3.8, 4) is 0 Å². The van der Waals surface area contributed by atoms with Gasteiger partial charge in [0.25, 0.3) is 0 Å². The summed E-state index contributed by atoms with van der Waals surface area (Å²) in [6.07, 6.45) is 23.7. The van der Waals surface area contributed by atoms with Crippen LogP contribution in [0.4, 0.5) is 0 Å². The predicted molar refractivity (Wildman–Crippen MR) is 87.7 cm³/mol. The average molecular weight is 267 g/mol. The second-order valence-corrected chi connectivity index (χ2v) is 7.30. The van der Waals surface area contributed by atoms with Crippen LogP contribution in [0.3, 0.4) is 0 Å². The maximum atomic E-state index is 2.56. The third kappa shape index (κ3) is 8.71. The summed E-state index contributed by atoms with van der Waals surface area (Å²) in [5.41, 5.74) is 0.662. The first-order chi connectivity index (χ1) is 9.27. The SMILES string of the molecule is CCCC1(C)CCCCCCCCCCCCCC1. The van der Waals surface area contributed by atoms with E-state index in [9.17, 15) is 0 Å². The summed E-state index contributed by atoms with van der Waals surface area (Å²) < 4.78 is 0. The Hall–Kier alpha value is 0. The first-order valence-corrected chi connectivity index (χ1v) is 9.27. The average Bonchev–Trinajstić information content (AvgIpc) is 2.39. The smallest absolute Gasteiger partial charge is 0.0326 e. The van der Waals surface area contributed by atoms with Gasteiger partial charge in [-0.25, -0.2) is 0 Å². The van der Waals surface area contributed by atoms with Crippen molar-refractivity contribution in [2.75, 3.05) is 0 Å². The zero-order valence-electron chi connectivity index (χ0n) is 13.8. The molecule has 0 amide bonds. The molecule has 1 rings (SSSR count). The van der Waals surface area contributed by atoms with Gasteiger partial charge < -0.3 is 0 Å². The van der Waals surface area contributed by atoms with Crippen molar-refractivity contribution in [2.45, 2.75) is 117 Å². The van der Waals surface area contributed by atoms with Gasteiger partial charge in [0, 0.05) is 0 Å². The van der Waals surface area contributed by atoms with Crippen molar-refractivity contribution < 1.29 is 0 Å². The van der Waals surface area contributed by atoms with E-state index in [0.717, 1.165) is 0 Å². The monoisotopic (exact) mass is 266 g/mol. The van der Waals surface area contributed by atoms with Gasteiger partial charge in [0.1, 0.15) is 0 Å². The molecule has 0 aromatic carbocycles. The summed E-state index contributed by atoms with van der Waals surface area (Å²) in [6.45, 7) is 4.93. The molecule has 0 bridgehead atoms. The van der Waals surface area contributed by atoms with Gasteiger partial charge in [-0.05, 0) is 24.7 Å². The molecule has 0 saturated heterocycles. The van der Waals surface area contributed by atoms with Crippen LogP contribution in [0.25, 0.3) is 0 Å². The van der Waals surface area contributed by atoms with E-state index in [4.69, 9.17) is 0 Å². The Balaban J connectivity index is 2.33. The lowest BCUT2D eigenvalue weighted by molar-refractivity contribution is 0.229. The Morgan fingerprint density at radius 3 is 1.21 bits per heavy atom. The van der Waals surface area contributed by atoms with Crippen molar-refractivity contribution >= 4 is 0 Å². The Bertz CT molecular complexity index is 178. The number of hydrogen-bond donors (Lipinski definition) is 0. The van der Waals surface area contributed by atoms with Crippen molar-refractivity contribution in [3.05, 3.63) is 0 Å². The van der Waals surface area contributed by atoms with Crippen LogP contribution in [0.1, 0.15) is 117 Å². The van der Waals surface area contributed by atoms with Crippen LogP contribution >= 0.6 is 0 Å². The van der Waals surface area contributed by atoms with Crippen LogP contribution in [0.15, 0.2) is 0 Å². The van der Waals surface area contributed by atoms with Crippen molar-refractivity contribution in [1.29, 1.82) is 0 Å². The Kier molecular flexibility index (Phi) is 9.65. The molecule has 0 aliphatic heterocycles. The summed E-state index contributed by atoms with van der Waals surface area (Å²) in [6, 6.07) is 0. The topological polar surface area (TPSA) is 0 Å². The molecule has 1 saturated carbocycles. The van der Waals surface area contributed by atoms with Gasteiger partial charge in [-0.3, -0.25) is 0 Å². The Morgan fingerprint density at radius 2 is 0.895 bits per heavy atom. The fourth-order valence-electron chi connectivity index (χ4n) is 3.85. The van der Waals surface area contributed by atoms with Crippen LogP contribution in [0.5, 0.6) is 0 Å². The van der Waals surface area contributed by atoms with Crippen molar-refractivity contribution in [2.24, 2.45) is 5.41 Å². The predicted octanol–water partition coefficient (Wildman–Crippen LogP) is 7.27. The van der Waals surface area contributed by atoms with Gasteiger partial charge in [0.2, 0.25) is 0 Å². The van der Waals surface area contributed by atoms with Crippen molar-refractivity contribution in [1.82, 2.24) is 0 Å². The third-order valence-electron chi connectivity index (χ3n) is 5.16. The summed E-state index contributed by atoms with van der Waals surface area (Å²) >= 11 is 0. The second-order valence-electron chi connectivity index (χ2n) is 7.30. The molecule has 0 heteroatoms. The Morgan fingerprint density at radius 1 is 0.579 bits per heavy atom. The highest BCUT2D eigenvalue weighted by Gasteiger charge is 2.21.